The maximum atomic E-state index is 13.4. The number of amides is 3. The molecule has 10 nitrogen and oxygen atoms in total. The molecule has 6 rings (SSSR count). The summed E-state index contributed by atoms with van der Waals surface area (Å²) in [5, 5.41) is 5.88. The maximum absolute atomic E-state index is 13.4. The highest BCUT2D eigenvalue weighted by Crippen LogP contribution is 2.24. The molecule has 3 heterocycles. The zero-order valence-electron chi connectivity index (χ0n) is 23.5. The molecule has 3 aliphatic rings. The molecule has 4 bridgehead atoms. The Labute approximate surface area is 244 Å². The molecule has 3 aliphatic heterocycles. The fourth-order valence-electron chi connectivity index (χ4n) is 4.98. The van der Waals surface area contributed by atoms with E-state index in [9.17, 15) is 22.8 Å². The topological polar surface area (TPSA) is 131 Å². The van der Waals surface area contributed by atoms with E-state index < -0.39 is 22.0 Å². The molecule has 1 fully saturated rings. The van der Waals surface area contributed by atoms with Crippen molar-refractivity contribution in [3.63, 3.8) is 0 Å². The lowest BCUT2D eigenvalue weighted by Crippen LogP contribution is -2.58. The van der Waals surface area contributed by atoms with Gasteiger partial charge in [-0.25, -0.2) is 8.42 Å². The van der Waals surface area contributed by atoms with E-state index in [1.165, 1.54) is 12.1 Å². The number of piperidine rings is 1. The lowest BCUT2D eigenvalue weighted by atomic mass is 9.99. The van der Waals surface area contributed by atoms with Crippen molar-refractivity contribution in [2.75, 3.05) is 26.0 Å². The smallest absolute Gasteiger partial charge is 0.258 e. The SMILES string of the molecule is Cc1ccc2cc1OCC(=O)NCc1ccc(cc1)O[C@H]1CCN(C(=O)Cc3ccc(S(C)(=O)=O)cc3)C[C@@H]1NC2=O. The number of nitrogens with zero attached hydrogens (tertiary/aromatic N) is 1. The first-order valence-electron chi connectivity index (χ1n) is 13.7. The zero-order chi connectivity index (χ0) is 29.9. The van der Waals surface area contributed by atoms with Gasteiger partial charge < -0.3 is 25.0 Å². The van der Waals surface area contributed by atoms with Gasteiger partial charge in [0.1, 0.15) is 17.6 Å². The van der Waals surface area contributed by atoms with Crippen LogP contribution in [0.2, 0.25) is 0 Å². The number of hydrogen-bond donors (Lipinski definition) is 2. The van der Waals surface area contributed by atoms with Crippen molar-refractivity contribution in [2.24, 2.45) is 0 Å². The Morgan fingerprint density at radius 1 is 1.02 bits per heavy atom. The molecule has 2 atom stereocenters. The lowest BCUT2D eigenvalue weighted by molar-refractivity contribution is -0.133. The van der Waals surface area contributed by atoms with E-state index in [1.54, 1.807) is 35.2 Å². The van der Waals surface area contributed by atoms with Gasteiger partial charge in [-0.05, 0) is 60.0 Å². The summed E-state index contributed by atoms with van der Waals surface area (Å²) in [6, 6.07) is 18.2. The largest absolute Gasteiger partial charge is 0.488 e. The summed E-state index contributed by atoms with van der Waals surface area (Å²) in [4.78, 5) is 40.9. The van der Waals surface area contributed by atoms with Crippen molar-refractivity contribution in [3.8, 4) is 11.5 Å². The van der Waals surface area contributed by atoms with Crippen LogP contribution >= 0.6 is 0 Å². The third-order valence-electron chi connectivity index (χ3n) is 7.44. The minimum Gasteiger partial charge on any atom is -0.488 e. The fourth-order valence-corrected chi connectivity index (χ4v) is 5.61. The molecular weight excluding hydrogens is 558 g/mol. The van der Waals surface area contributed by atoms with Crippen molar-refractivity contribution >= 4 is 27.6 Å². The van der Waals surface area contributed by atoms with Crippen LogP contribution in [0.25, 0.3) is 0 Å². The van der Waals surface area contributed by atoms with E-state index in [4.69, 9.17) is 9.47 Å². The first-order valence-corrected chi connectivity index (χ1v) is 15.6. The van der Waals surface area contributed by atoms with E-state index in [0.717, 1.165) is 17.4 Å². The predicted octanol–water partition coefficient (Wildman–Crippen LogP) is 2.43. The molecule has 0 saturated carbocycles. The van der Waals surface area contributed by atoms with E-state index >= 15 is 0 Å². The van der Waals surface area contributed by atoms with Crippen LogP contribution in [0, 0.1) is 6.92 Å². The number of likely N-dealkylation sites (tertiary alicyclic amines) is 1. The van der Waals surface area contributed by atoms with Crippen LogP contribution in [0.15, 0.2) is 71.6 Å². The molecule has 3 aromatic carbocycles. The van der Waals surface area contributed by atoms with Crippen LogP contribution in [0.1, 0.15) is 33.5 Å². The summed E-state index contributed by atoms with van der Waals surface area (Å²) >= 11 is 0. The number of carbonyl (C=O) groups excluding carboxylic acids is 3. The number of carbonyl (C=O) groups is 3. The summed E-state index contributed by atoms with van der Waals surface area (Å²) in [6.07, 6.45) is 1.34. The van der Waals surface area contributed by atoms with E-state index in [-0.39, 0.29) is 42.2 Å². The number of rotatable bonds is 3. The molecule has 42 heavy (non-hydrogen) atoms. The number of hydrogen-bond acceptors (Lipinski definition) is 7. The molecule has 3 amide bonds. The minimum atomic E-state index is -3.33. The second-order valence-electron chi connectivity index (χ2n) is 10.6. The summed E-state index contributed by atoms with van der Waals surface area (Å²) in [6.45, 7) is 2.65. The molecule has 0 radical (unpaired) electrons. The standard InChI is InChI=1S/C31H33N3O7S/c1-20-3-8-23-16-28(20)40-19-29(35)32-17-22-4-9-24(10-5-22)41-27-13-14-34(18-26(27)33-31(23)37)30(36)15-21-6-11-25(12-7-21)42(2,38)39/h3-12,16,26-27H,13-15,17-19H2,1-2H3,(H,32,35)(H,33,37)/t26-,27-/m0/s1. The van der Waals surface area contributed by atoms with Gasteiger partial charge in [0.25, 0.3) is 11.8 Å². The Kier molecular flexibility index (Phi) is 8.49. The van der Waals surface area contributed by atoms with E-state index in [2.05, 4.69) is 10.6 Å². The number of benzene rings is 3. The fraction of sp³-hybridized carbons (Fsp3) is 0.323. The van der Waals surface area contributed by atoms with Gasteiger partial charge in [-0.15, -0.1) is 0 Å². The molecule has 0 aliphatic carbocycles. The summed E-state index contributed by atoms with van der Waals surface area (Å²) < 4.78 is 35.6. The zero-order valence-corrected chi connectivity index (χ0v) is 24.3. The molecule has 0 spiro atoms. The van der Waals surface area contributed by atoms with E-state index in [1.807, 2.05) is 31.2 Å². The van der Waals surface area contributed by atoms with Gasteiger partial charge in [-0.3, -0.25) is 14.4 Å². The normalized spacial score (nSPS) is 19.4. The molecule has 0 unspecified atom stereocenters. The summed E-state index contributed by atoms with van der Waals surface area (Å²) in [5.74, 6) is 0.279. The van der Waals surface area contributed by atoms with Crippen LogP contribution in [-0.4, -0.2) is 69.1 Å². The number of nitrogens with one attached hydrogen (secondary N) is 2. The van der Waals surface area contributed by atoms with Gasteiger partial charge in [0, 0.05) is 37.9 Å². The average molecular weight is 592 g/mol. The van der Waals surface area contributed by atoms with Gasteiger partial charge in [0.05, 0.1) is 17.4 Å². The highest BCUT2D eigenvalue weighted by molar-refractivity contribution is 7.90. The summed E-state index contributed by atoms with van der Waals surface area (Å²) in [7, 11) is -3.33. The second-order valence-corrected chi connectivity index (χ2v) is 12.7. The lowest BCUT2D eigenvalue weighted by Gasteiger charge is -2.39. The van der Waals surface area contributed by atoms with Gasteiger partial charge in [-0.1, -0.05) is 30.3 Å². The van der Waals surface area contributed by atoms with Crippen molar-refractivity contribution in [3.05, 3.63) is 89.0 Å². The first kappa shape index (κ1) is 29.1. The van der Waals surface area contributed by atoms with Crippen LogP contribution in [0.4, 0.5) is 0 Å². The quantitative estimate of drug-likeness (QED) is 0.478. The van der Waals surface area contributed by atoms with Crippen LogP contribution < -0.4 is 20.1 Å². The maximum Gasteiger partial charge on any atom is 0.258 e. The Morgan fingerprint density at radius 3 is 2.48 bits per heavy atom. The number of aryl methyl sites for hydroxylation is 1. The van der Waals surface area contributed by atoms with Crippen LogP contribution in [0.5, 0.6) is 11.5 Å². The monoisotopic (exact) mass is 591 g/mol. The van der Waals surface area contributed by atoms with Gasteiger partial charge >= 0.3 is 0 Å². The Balaban J connectivity index is 1.37. The van der Waals surface area contributed by atoms with Crippen LogP contribution in [0.3, 0.4) is 0 Å². The Hall–Kier alpha value is -4.38. The molecule has 11 heteroatoms. The van der Waals surface area contributed by atoms with Crippen molar-refractivity contribution in [1.29, 1.82) is 0 Å². The van der Waals surface area contributed by atoms with Gasteiger partial charge in [0.2, 0.25) is 5.91 Å². The molecule has 2 N–H and O–H groups in total. The molecule has 1 saturated heterocycles. The highest BCUT2D eigenvalue weighted by atomic mass is 32.2. The minimum absolute atomic E-state index is 0.100. The van der Waals surface area contributed by atoms with Gasteiger partial charge in [-0.2, -0.15) is 0 Å². The average Bonchev–Trinajstić information content (AvgIpc) is 2.96. The van der Waals surface area contributed by atoms with Crippen molar-refractivity contribution in [1.82, 2.24) is 15.5 Å². The van der Waals surface area contributed by atoms with Crippen molar-refractivity contribution in [2.45, 2.75) is 43.4 Å². The molecule has 3 aromatic rings. The van der Waals surface area contributed by atoms with Crippen LogP contribution in [-0.2, 0) is 32.4 Å². The number of sulfone groups is 1. The molecule has 220 valence electrons. The van der Waals surface area contributed by atoms with Gasteiger partial charge in [0.15, 0.2) is 16.4 Å². The molecule has 0 aromatic heterocycles. The highest BCUT2D eigenvalue weighted by Gasteiger charge is 2.34. The van der Waals surface area contributed by atoms with Crippen molar-refractivity contribution < 1.29 is 32.3 Å². The first-order chi connectivity index (χ1) is 20.0. The number of fused-ring (bicyclic) bond motifs is 7. The number of ether oxygens (including phenoxy) is 2. The third-order valence-corrected chi connectivity index (χ3v) is 8.56. The predicted molar refractivity (Wildman–Crippen MR) is 155 cm³/mol. The summed E-state index contributed by atoms with van der Waals surface area (Å²) in [5.41, 5.74) is 2.74. The second kappa shape index (κ2) is 12.2. The Bertz CT molecular complexity index is 1590. The van der Waals surface area contributed by atoms with E-state index in [0.29, 0.717) is 42.1 Å². The molecular formula is C31H33N3O7S. The Morgan fingerprint density at radius 2 is 1.76 bits per heavy atom. The third kappa shape index (κ3) is 7.09.